The van der Waals surface area contributed by atoms with Crippen LogP contribution in [-0.4, -0.2) is 28.1 Å². The summed E-state index contributed by atoms with van der Waals surface area (Å²) in [5.41, 5.74) is -3.51. The fourth-order valence-corrected chi connectivity index (χ4v) is 4.58. The summed E-state index contributed by atoms with van der Waals surface area (Å²) in [6.45, 7) is 0. The minimum Gasteiger partial charge on any atom is -0.481 e. The lowest BCUT2D eigenvalue weighted by atomic mass is 9.67. The van der Waals surface area contributed by atoms with E-state index < -0.39 is 35.7 Å². The summed E-state index contributed by atoms with van der Waals surface area (Å²) in [6.07, 6.45) is -5.33. The highest BCUT2D eigenvalue weighted by Crippen LogP contribution is 2.51. The summed E-state index contributed by atoms with van der Waals surface area (Å²) < 4.78 is 42.4. The van der Waals surface area contributed by atoms with Crippen LogP contribution < -0.4 is 0 Å². The summed E-state index contributed by atoms with van der Waals surface area (Å²) in [6, 6.07) is 8.21. The molecule has 1 aliphatic heterocycles. The summed E-state index contributed by atoms with van der Waals surface area (Å²) in [5.74, 6) is -1.60. The minimum absolute atomic E-state index is 0.0417. The molecule has 0 saturated heterocycles. The van der Waals surface area contributed by atoms with Crippen LogP contribution in [0, 0.1) is 5.92 Å². The number of nitrogens with zero attached hydrogens (tertiary/aromatic N) is 1. The molecule has 0 bridgehead atoms. The van der Waals surface area contributed by atoms with Gasteiger partial charge in [0, 0.05) is 12.0 Å². The zero-order valence-electron chi connectivity index (χ0n) is 16.1. The van der Waals surface area contributed by atoms with Gasteiger partial charge in [0.25, 0.3) is 5.60 Å². The molecule has 1 saturated carbocycles. The number of rotatable bonds is 4. The van der Waals surface area contributed by atoms with Crippen LogP contribution in [-0.2, 0) is 20.8 Å². The molecule has 1 atom stereocenters. The average molecular weight is 509 g/mol. The first kappa shape index (κ1) is 23.2. The van der Waals surface area contributed by atoms with Crippen LogP contribution in [0.15, 0.2) is 41.6 Å². The van der Waals surface area contributed by atoms with Gasteiger partial charge in [-0.1, -0.05) is 64.2 Å². The van der Waals surface area contributed by atoms with Crippen LogP contribution in [0.2, 0.25) is 15.1 Å². The lowest BCUT2D eigenvalue weighted by molar-refractivity contribution is -0.275. The number of oxime groups is 1. The zero-order valence-corrected chi connectivity index (χ0v) is 18.4. The van der Waals surface area contributed by atoms with E-state index in [0.717, 1.165) is 12.1 Å². The van der Waals surface area contributed by atoms with E-state index in [-0.39, 0.29) is 39.2 Å². The molecular formula is C21H15Cl3F3NO4. The maximum Gasteiger partial charge on any atom is 0.435 e. The van der Waals surface area contributed by atoms with Gasteiger partial charge in [-0.15, -0.1) is 0 Å². The SMILES string of the molecule is O=C(O)C1CC(O)(c2ccc(C3=NOC(c4cc(Cl)c(Cl)c(Cl)c4)(C(F)(F)F)C3)cc2)C1. The van der Waals surface area contributed by atoms with Gasteiger partial charge in [-0.05, 0) is 36.1 Å². The molecule has 11 heteroatoms. The number of benzene rings is 2. The predicted octanol–water partition coefficient (Wildman–Crippen LogP) is 5.91. The number of alkyl halides is 3. The van der Waals surface area contributed by atoms with Crippen molar-refractivity contribution < 1.29 is 33.0 Å². The average Bonchev–Trinajstić information content (AvgIpc) is 3.16. The molecule has 0 amide bonds. The van der Waals surface area contributed by atoms with Crippen LogP contribution >= 0.6 is 34.8 Å². The molecule has 1 unspecified atom stereocenters. The van der Waals surface area contributed by atoms with Crippen molar-refractivity contribution in [2.24, 2.45) is 11.1 Å². The first-order valence-electron chi connectivity index (χ1n) is 9.39. The van der Waals surface area contributed by atoms with Gasteiger partial charge in [0.2, 0.25) is 0 Å². The van der Waals surface area contributed by atoms with Crippen molar-refractivity contribution in [1.82, 2.24) is 0 Å². The van der Waals surface area contributed by atoms with Crippen molar-refractivity contribution in [1.29, 1.82) is 0 Å². The molecule has 0 spiro atoms. The highest BCUT2D eigenvalue weighted by Gasteiger charge is 2.62. The Hall–Kier alpha value is -2.00. The first-order valence-corrected chi connectivity index (χ1v) is 10.5. The Labute approximate surface area is 195 Å². The van der Waals surface area contributed by atoms with E-state index in [1.165, 1.54) is 12.1 Å². The van der Waals surface area contributed by atoms with Crippen LogP contribution in [0.5, 0.6) is 0 Å². The second kappa shape index (κ2) is 7.80. The quantitative estimate of drug-likeness (QED) is 0.503. The lowest BCUT2D eigenvalue weighted by Gasteiger charge is -2.41. The Kier molecular flexibility index (Phi) is 5.65. The summed E-state index contributed by atoms with van der Waals surface area (Å²) in [7, 11) is 0. The Morgan fingerprint density at radius 3 is 2.12 bits per heavy atom. The predicted molar refractivity (Wildman–Crippen MR) is 112 cm³/mol. The third kappa shape index (κ3) is 3.73. The van der Waals surface area contributed by atoms with Crippen LogP contribution in [0.1, 0.15) is 36.0 Å². The number of carbonyl (C=O) groups is 1. The standard InChI is InChI=1S/C21H15Cl3F3NO4/c22-14-5-13(6-15(23)17(14)24)20(21(25,26)27)9-16(28-32-20)10-1-3-12(4-2-10)19(31)7-11(8-19)18(29)30/h1-6,11,31H,7-9H2,(H,29,30). The van der Waals surface area contributed by atoms with Crippen molar-refractivity contribution in [3.63, 3.8) is 0 Å². The Bertz CT molecular complexity index is 1090. The summed E-state index contributed by atoms with van der Waals surface area (Å²) in [5, 5.41) is 22.9. The van der Waals surface area contributed by atoms with Crippen LogP contribution in [0.3, 0.4) is 0 Å². The molecule has 1 heterocycles. The van der Waals surface area contributed by atoms with Gasteiger partial charge in [-0.25, -0.2) is 0 Å². The van der Waals surface area contributed by atoms with Gasteiger partial charge in [-0.3, -0.25) is 4.79 Å². The van der Waals surface area contributed by atoms with Gasteiger partial charge < -0.3 is 15.1 Å². The van der Waals surface area contributed by atoms with E-state index in [0.29, 0.717) is 11.1 Å². The van der Waals surface area contributed by atoms with Gasteiger partial charge in [0.15, 0.2) is 0 Å². The molecular weight excluding hydrogens is 494 g/mol. The van der Waals surface area contributed by atoms with Crippen LogP contribution in [0.4, 0.5) is 13.2 Å². The Morgan fingerprint density at radius 1 is 1.06 bits per heavy atom. The number of aliphatic carboxylic acids is 1. The van der Waals surface area contributed by atoms with Crippen molar-refractivity contribution >= 4 is 46.5 Å². The Morgan fingerprint density at radius 2 is 1.62 bits per heavy atom. The number of hydrogen-bond acceptors (Lipinski definition) is 4. The fraction of sp³-hybridized carbons (Fsp3) is 0.333. The molecule has 32 heavy (non-hydrogen) atoms. The molecule has 2 aromatic rings. The second-order valence-corrected chi connectivity index (χ2v) is 9.13. The second-order valence-electron chi connectivity index (χ2n) is 7.94. The molecule has 1 aliphatic carbocycles. The summed E-state index contributed by atoms with van der Waals surface area (Å²) >= 11 is 17.7. The largest absolute Gasteiger partial charge is 0.481 e. The molecule has 170 valence electrons. The van der Waals surface area contributed by atoms with E-state index >= 15 is 0 Å². The highest BCUT2D eigenvalue weighted by molar-refractivity contribution is 6.48. The lowest BCUT2D eigenvalue weighted by Crippen LogP contribution is -2.44. The fourth-order valence-electron chi connectivity index (χ4n) is 3.99. The van der Waals surface area contributed by atoms with E-state index in [2.05, 4.69) is 5.16 Å². The van der Waals surface area contributed by atoms with Crippen molar-refractivity contribution in [3.05, 3.63) is 68.2 Å². The van der Waals surface area contributed by atoms with Crippen LogP contribution in [0.25, 0.3) is 0 Å². The Balaban J connectivity index is 1.60. The summed E-state index contributed by atoms with van der Waals surface area (Å²) in [4.78, 5) is 16.0. The number of carboxylic acid groups (broad SMARTS) is 1. The molecule has 0 radical (unpaired) electrons. The monoisotopic (exact) mass is 507 g/mol. The van der Waals surface area contributed by atoms with E-state index in [1.54, 1.807) is 12.1 Å². The third-order valence-electron chi connectivity index (χ3n) is 5.91. The number of carboxylic acids is 1. The maximum atomic E-state index is 14.1. The molecule has 2 aromatic carbocycles. The van der Waals surface area contributed by atoms with Gasteiger partial charge in [-0.2, -0.15) is 13.2 Å². The van der Waals surface area contributed by atoms with Crippen molar-refractivity contribution in [2.75, 3.05) is 0 Å². The van der Waals surface area contributed by atoms with E-state index in [4.69, 9.17) is 44.7 Å². The van der Waals surface area contributed by atoms with E-state index in [9.17, 15) is 23.1 Å². The normalized spacial score (nSPS) is 27.5. The zero-order chi connectivity index (χ0) is 23.5. The van der Waals surface area contributed by atoms with Gasteiger partial charge in [0.05, 0.1) is 32.3 Å². The highest BCUT2D eigenvalue weighted by atomic mass is 35.5. The molecule has 4 rings (SSSR count). The molecule has 2 aliphatic rings. The number of halogens is 6. The van der Waals surface area contributed by atoms with E-state index in [1.807, 2.05) is 0 Å². The maximum absolute atomic E-state index is 14.1. The smallest absolute Gasteiger partial charge is 0.435 e. The molecule has 5 nitrogen and oxygen atoms in total. The first-order chi connectivity index (χ1) is 14.9. The molecule has 2 N–H and O–H groups in total. The van der Waals surface area contributed by atoms with Crippen molar-refractivity contribution in [2.45, 2.75) is 36.6 Å². The number of hydrogen-bond donors (Lipinski definition) is 2. The van der Waals surface area contributed by atoms with Gasteiger partial charge in [0.1, 0.15) is 0 Å². The molecule has 0 aromatic heterocycles. The minimum atomic E-state index is -4.84. The topological polar surface area (TPSA) is 79.1 Å². The third-order valence-corrected chi connectivity index (χ3v) is 7.11. The molecule has 1 fully saturated rings. The van der Waals surface area contributed by atoms with Crippen molar-refractivity contribution in [3.8, 4) is 0 Å². The van der Waals surface area contributed by atoms with Gasteiger partial charge >= 0.3 is 12.1 Å². The number of aliphatic hydroxyl groups is 1.